The summed E-state index contributed by atoms with van der Waals surface area (Å²) >= 11 is 1.54. The monoisotopic (exact) mass is 414 g/mol. The van der Waals surface area contributed by atoms with Crippen molar-refractivity contribution in [2.24, 2.45) is 0 Å². The Balaban J connectivity index is 1.61. The minimum absolute atomic E-state index is 0.141. The average Bonchev–Trinajstić information content (AvgIpc) is 3.35. The van der Waals surface area contributed by atoms with Crippen LogP contribution in [-0.2, 0) is 15.9 Å². The van der Waals surface area contributed by atoms with Crippen LogP contribution in [0.1, 0.15) is 38.0 Å². The minimum atomic E-state index is -0.141. The van der Waals surface area contributed by atoms with E-state index >= 15 is 0 Å². The van der Waals surface area contributed by atoms with Crippen LogP contribution >= 0.6 is 11.8 Å². The van der Waals surface area contributed by atoms with Gasteiger partial charge in [0.15, 0.2) is 11.0 Å². The molecule has 0 N–H and O–H groups in total. The van der Waals surface area contributed by atoms with Gasteiger partial charge >= 0.3 is 0 Å². The van der Waals surface area contributed by atoms with Crippen LogP contribution in [0.15, 0.2) is 33.9 Å². The molecule has 9 heteroatoms. The van der Waals surface area contributed by atoms with Crippen LogP contribution in [0.3, 0.4) is 0 Å². The third-order valence-electron chi connectivity index (χ3n) is 4.67. The average molecular weight is 415 g/mol. The first-order chi connectivity index (χ1) is 13.9. The fourth-order valence-electron chi connectivity index (χ4n) is 2.99. The van der Waals surface area contributed by atoms with Crippen molar-refractivity contribution in [3.63, 3.8) is 0 Å². The molecule has 0 bridgehead atoms. The molecular formula is C20H26N6O2S. The van der Waals surface area contributed by atoms with Gasteiger partial charge in [0.2, 0.25) is 11.8 Å². The van der Waals surface area contributed by atoms with Crippen molar-refractivity contribution in [2.45, 2.75) is 44.0 Å². The lowest BCUT2D eigenvalue weighted by atomic mass is 9.96. The zero-order chi connectivity index (χ0) is 20.4. The molecule has 0 unspecified atom stereocenters. The van der Waals surface area contributed by atoms with Gasteiger partial charge in [0.05, 0.1) is 24.7 Å². The maximum absolute atomic E-state index is 5.49. The molecule has 3 heterocycles. The lowest BCUT2D eigenvalue weighted by Gasteiger charge is -2.27. The van der Waals surface area contributed by atoms with Crippen molar-refractivity contribution < 1.29 is 9.26 Å². The van der Waals surface area contributed by atoms with Crippen molar-refractivity contribution in [1.82, 2.24) is 24.9 Å². The van der Waals surface area contributed by atoms with Crippen molar-refractivity contribution in [2.75, 3.05) is 31.2 Å². The highest BCUT2D eigenvalue weighted by Crippen LogP contribution is 2.29. The van der Waals surface area contributed by atoms with Crippen LogP contribution in [-0.4, -0.2) is 51.2 Å². The predicted octanol–water partition coefficient (Wildman–Crippen LogP) is 3.39. The molecule has 1 saturated heterocycles. The molecule has 1 aromatic carbocycles. The summed E-state index contributed by atoms with van der Waals surface area (Å²) in [7, 11) is 0. The van der Waals surface area contributed by atoms with E-state index < -0.39 is 0 Å². The fraction of sp³-hybridized carbons (Fsp3) is 0.500. The first kappa shape index (κ1) is 19.9. The van der Waals surface area contributed by atoms with E-state index in [4.69, 9.17) is 9.26 Å². The number of morpholine rings is 1. The van der Waals surface area contributed by atoms with E-state index in [2.05, 4.69) is 81.8 Å². The number of aromatic nitrogens is 5. The maximum atomic E-state index is 5.49. The number of nitrogens with zero attached hydrogens (tertiary/aromatic N) is 6. The van der Waals surface area contributed by atoms with Crippen molar-refractivity contribution in [3.8, 4) is 5.69 Å². The molecule has 0 amide bonds. The summed E-state index contributed by atoms with van der Waals surface area (Å²) in [6.45, 7) is 11.3. The molecule has 4 rings (SSSR count). The van der Waals surface area contributed by atoms with Crippen LogP contribution in [0.4, 0.5) is 5.95 Å². The lowest BCUT2D eigenvalue weighted by molar-refractivity contribution is 0.122. The molecular weight excluding hydrogens is 388 g/mol. The van der Waals surface area contributed by atoms with E-state index in [0.29, 0.717) is 30.7 Å². The van der Waals surface area contributed by atoms with Gasteiger partial charge in [-0.3, -0.25) is 4.57 Å². The highest BCUT2D eigenvalue weighted by molar-refractivity contribution is 7.98. The molecule has 1 aliphatic rings. The van der Waals surface area contributed by atoms with Crippen LogP contribution in [0, 0.1) is 6.92 Å². The van der Waals surface area contributed by atoms with E-state index in [-0.39, 0.29) is 5.41 Å². The van der Waals surface area contributed by atoms with Crippen molar-refractivity contribution in [3.05, 3.63) is 41.5 Å². The Kier molecular flexibility index (Phi) is 5.60. The van der Waals surface area contributed by atoms with Gasteiger partial charge in [-0.1, -0.05) is 55.4 Å². The fourth-order valence-corrected chi connectivity index (χ4v) is 3.77. The molecule has 2 aromatic heterocycles. The third-order valence-corrected chi connectivity index (χ3v) is 5.58. The third kappa shape index (κ3) is 4.45. The van der Waals surface area contributed by atoms with Crippen LogP contribution in [0.2, 0.25) is 0 Å². The molecule has 8 nitrogen and oxygen atoms in total. The Bertz CT molecular complexity index is 954. The van der Waals surface area contributed by atoms with E-state index in [9.17, 15) is 0 Å². The van der Waals surface area contributed by atoms with E-state index in [0.717, 1.165) is 29.9 Å². The van der Waals surface area contributed by atoms with Crippen molar-refractivity contribution >= 4 is 17.7 Å². The second-order valence-electron chi connectivity index (χ2n) is 8.10. The predicted molar refractivity (Wildman–Crippen MR) is 112 cm³/mol. The number of ether oxygens (including phenoxy) is 1. The SMILES string of the molecule is Cc1ccc(-n2c(SCc3nc(C(C)(C)C)no3)nnc2N2CCOCC2)cc1. The molecule has 1 fully saturated rings. The Morgan fingerprint density at radius 3 is 2.45 bits per heavy atom. The summed E-state index contributed by atoms with van der Waals surface area (Å²) in [4.78, 5) is 6.74. The highest BCUT2D eigenvalue weighted by Gasteiger charge is 2.24. The summed E-state index contributed by atoms with van der Waals surface area (Å²) in [6, 6.07) is 8.38. The van der Waals surface area contributed by atoms with Gasteiger partial charge in [0.25, 0.3) is 0 Å². The summed E-state index contributed by atoms with van der Waals surface area (Å²) in [5.41, 5.74) is 2.10. The molecule has 0 radical (unpaired) electrons. The normalized spacial score (nSPS) is 15.1. The molecule has 0 spiro atoms. The number of rotatable bonds is 5. The summed E-state index contributed by atoms with van der Waals surface area (Å²) in [5, 5.41) is 13.9. The van der Waals surface area contributed by atoms with Gasteiger partial charge in [-0.15, -0.1) is 10.2 Å². The molecule has 0 atom stereocenters. The van der Waals surface area contributed by atoms with E-state index in [1.807, 2.05) is 0 Å². The molecule has 154 valence electrons. The first-order valence-electron chi connectivity index (χ1n) is 9.73. The van der Waals surface area contributed by atoms with E-state index in [1.54, 1.807) is 11.8 Å². The Hall–Kier alpha value is -2.39. The molecule has 0 saturated carbocycles. The van der Waals surface area contributed by atoms with Gasteiger partial charge in [-0.2, -0.15) is 4.98 Å². The maximum Gasteiger partial charge on any atom is 0.237 e. The molecule has 0 aliphatic carbocycles. The zero-order valence-corrected chi connectivity index (χ0v) is 18.1. The Morgan fingerprint density at radius 2 is 1.79 bits per heavy atom. The number of thioether (sulfide) groups is 1. The second kappa shape index (κ2) is 8.16. The van der Waals surface area contributed by atoms with Gasteiger partial charge in [-0.25, -0.2) is 0 Å². The standard InChI is InChI=1S/C20H26N6O2S/c1-14-5-7-15(8-6-14)26-18(25-9-11-27-12-10-25)22-23-19(26)29-13-16-21-17(24-28-16)20(2,3)4/h5-8H,9-13H2,1-4H3. The van der Waals surface area contributed by atoms with Crippen LogP contribution in [0.25, 0.3) is 5.69 Å². The Morgan fingerprint density at radius 1 is 1.07 bits per heavy atom. The summed E-state index contributed by atoms with van der Waals surface area (Å²) in [6.07, 6.45) is 0. The number of hydrogen-bond acceptors (Lipinski definition) is 8. The first-order valence-corrected chi connectivity index (χ1v) is 10.7. The van der Waals surface area contributed by atoms with Gasteiger partial charge in [-0.05, 0) is 19.1 Å². The Labute approximate surface area is 174 Å². The van der Waals surface area contributed by atoms with Crippen molar-refractivity contribution in [1.29, 1.82) is 0 Å². The smallest absolute Gasteiger partial charge is 0.237 e. The number of aryl methyl sites for hydroxylation is 1. The zero-order valence-electron chi connectivity index (χ0n) is 17.3. The summed E-state index contributed by atoms with van der Waals surface area (Å²) in [5.74, 6) is 2.67. The highest BCUT2D eigenvalue weighted by atomic mass is 32.2. The molecule has 29 heavy (non-hydrogen) atoms. The number of anilines is 1. The van der Waals surface area contributed by atoms with Gasteiger partial charge in [0.1, 0.15) is 0 Å². The van der Waals surface area contributed by atoms with Gasteiger partial charge in [0, 0.05) is 18.5 Å². The number of benzene rings is 1. The number of hydrogen-bond donors (Lipinski definition) is 0. The van der Waals surface area contributed by atoms with Crippen LogP contribution < -0.4 is 4.90 Å². The molecule has 3 aromatic rings. The second-order valence-corrected chi connectivity index (χ2v) is 9.05. The largest absolute Gasteiger partial charge is 0.378 e. The van der Waals surface area contributed by atoms with Crippen LogP contribution in [0.5, 0.6) is 0 Å². The lowest BCUT2D eigenvalue weighted by Crippen LogP contribution is -2.37. The minimum Gasteiger partial charge on any atom is -0.378 e. The topological polar surface area (TPSA) is 82.1 Å². The quantitative estimate of drug-likeness (QED) is 0.588. The molecule has 1 aliphatic heterocycles. The summed E-state index contributed by atoms with van der Waals surface area (Å²) < 4.78 is 13.0. The van der Waals surface area contributed by atoms with Gasteiger partial charge < -0.3 is 14.2 Å². The van der Waals surface area contributed by atoms with E-state index in [1.165, 1.54) is 5.56 Å².